The fraction of sp³-hybridized carbons (Fsp3) is 0.118. The average Bonchev–Trinajstić information content (AvgIpc) is 2.93. The smallest absolute Gasteiger partial charge is 0.280 e. The van der Waals surface area contributed by atoms with Gasteiger partial charge < -0.3 is 11.1 Å². The lowest BCUT2D eigenvalue weighted by atomic mass is 10.2. The van der Waals surface area contributed by atoms with Crippen molar-refractivity contribution in [3.63, 3.8) is 0 Å². The number of rotatable bonds is 4. The van der Waals surface area contributed by atoms with Crippen molar-refractivity contribution >= 4 is 44.9 Å². The van der Waals surface area contributed by atoms with Gasteiger partial charge in [0.1, 0.15) is 5.82 Å². The Morgan fingerprint density at radius 1 is 1.35 bits per heavy atom. The maximum absolute atomic E-state index is 14.0. The van der Waals surface area contributed by atoms with Gasteiger partial charge in [0.25, 0.3) is 5.91 Å². The summed E-state index contributed by atoms with van der Waals surface area (Å²) in [7, 11) is 0. The van der Waals surface area contributed by atoms with Crippen LogP contribution in [-0.2, 0) is 6.54 Å². The van der Waals surface area contributed by atoms with E-state index >= 15 is 0 Å². The van der Waals surface area contributed by atoms with Gasteiger partial charge in [-0.05, 0) is 36.8 Å². The van der Waals surface area contributed by atoms with Gasteiger partial charge in [0.2, 0.25) is 0 Å². The van der Waals surface area contributed by atoms with Gasteiger partial charge in [-0.15, -0.1) is 5.10 Å². The predicted octanol–water partition coefficient (Wildman–Crippen LogP) is 4.02. The molecule has 3 aromatic rings. The highest BCUT2D eigenvalue weighted by Gasteiger charge is 2.19. The Kier molecular flexibility index (Phi) is 5.24. The van der Waals surface area contributed by atoms with Crippen LogP contribution in [0.4, 0.5) is 15.9 Å². The summed E-state index contributed by atoms with van der Waals surface area (Å²) >= 11 is 9.31. The Morgan fingerprint density at radius 2 is 2.12 bits per heavy atom. The molecular weight excluding hydrogens is 425 g/mol. The number of carbonyl (C=O) groups is 1. The second-order valence-electron chi connectivity index (χ2n) is 5.65. The predicted molar refractivity (Wildman–Crippen MR) is 102 cm³/mol. The van der Waals surface area contributed by atoms with E-state index in [0.29, 0.717) is 20.7 Å². The molecule has 9 heteroatoms. The van der Waals surface area contributed by atoms with Crippen LogP contribution >= 0.6 is 27.5 Å². The molecule has 0 spiro atoms. The number of hydrogen-bond acceptors (Lipinski definition) is 4. The largest absolute Gasteiger partial charge is 0.382 e. The fourth-order valence-electron chi connectivity index (χ4n) is 2.31. The van der Waals surface area contributed by atoms with Crippen LogP contribution in [0.15, 0.2) is 40.9 Å². The molecule has 26 heavy (non-hydrogen) atoms. The molecule has 0 unspecified atom stereocenters. The van der Waals surface area contributed by atoms with E-state index in [1.54, 1.807) is 24.3 Å². The molecule has 0 saturated carbocycles. The van der Waals surface area contributed by atoms with Crippen molar-refractivity contribution in [3.8, 4) is 0 Å². The third-order valence-corrected chi connectivity index (χ3v) is 4.50. The number of hydrogen-bond donors (Lipinski definition) is 2. The summed E-state index contributed by atoms with van der Waals surface area (Å²) in [5.41, 5.74) is 7.68. The molecule has 2 aromatic carbocycles. The first-order chi connectivity index (χ1) is 12.3. The molecular formula is C17H14BrClFN5O. The van der Waals surface area contributed by atoms with Gasteiger partial charge in [-0.2, -0.15) is 0 Å². The summed E-state index contributed by atoms with van der Waals surface area (Å²) in [6.45, 7) is 1.94. The zero-order valence-corrected chi connectivity index (χ0v) is 16.0. The minimum Gasteiger partial charge on any atom is -0.382 e. The molecule has 0 saturated heterocycles. The average molecular weight is 439 g/mol. The van der Waals surface area contributed by atoms with Gasteiger partial charge in [-0.3, -0.25) is 4.79 Å². The molecule has 1 heterocycles. The Hall–Kier alpha value is -2.45. The quantitative estimate of drug-likeness (QED) is 0.644. The summed E-state index contributed by atoms with van der Waals surface area (Å²) in [6.07, 6.45) is 0. The van der Waals surface area contributed by atoms with E-state index in [2.05, 4.69) is 31.6 Å². The topological polar surface area (TPSA) is 85.8 Å². The maximum Gasteiger partial charge on any atom is 0.280 e. The lowest BCUT2D eigenvalue weighted by Crippen LogP contribution is -2.15. The second-order valence-corrected chi connectivity index (χ2v) is 6.98. The van der Waals surface area contributed by atoms with Crippen LogP contribution in [0.5, 0.6) is 0 Å². The molecule has 3 N–H and O–H groups in total. The molecule has 0 fully saturated rings. The van der Waals surface area contributed by atoms with E-state index in [9.17, 15) is 9.18 Å². The number of nitrogens with one attached hydrogen (secondary N) is 1. The van der Waals surface area contributed by atoms with E-state index in [1.807, 2.05) is 13.0 Å². The first-order valence-electron chi connectivity index (χ1n) is 7.55. The lowest BCUT2D eigenvalue weighted by Gasteiger charge is -2.07. The number of nitrogens with two attached hydrogens (primary N) is 1. The summed E-state index contributed by atoms with van der Waals surface area (Å²) in [4.78, 5) is 12.4. The monoisotopic (exact) mass is 437 g/mol. The zero-order chi connectivity index (χ0) is 18.8. The van der Waals surface area contributed by atoms with Gasteiger partial charge >= 0.3 is 0 Å². The van der Waals surface area contributed by atoms with Crippen molar-refractivity contribution in [2.45, 2.75) is 13.5 Å². The highest BCUT2D eigenvalue weighted by molar-refractivity contribution is 9.10. The Labute approximate surface area is 162 Å². The van der Waals surface area contributed by atoms with E-state index in [0.717, 1.165) is 5.56 Å². The number of benzene rings is 2. The Morgan fingerprint density at radius 3 is 2.81 bits per heavy atom. The van der Waals surface area contributed by atoms with Crippen molar-refractivity contribution in [1.29, 1.82) is 0 Å². The number of halogens is 3. The summed E-state index contributed by atoms with van der Waals surface area (Å²) < 4.78 is 15.9. The van der Waals surface area contributed by atoms with Crippen LogP contribution < -0.4 is 11.1 Å². The first-order valence-corrected chi connectivity index (χ1v) is 8.72. The van der Waals surface area contributed by atoms with Gasteiger partial charge in [0.15, 0.2) is 11.5 Å². The third-order valence-electron chi connectivity index (χ3n) is 3.70. The van der Waals surface area contributed by atoms with Gasteiger partial charge in [-0.25, -0.2) is 9.07 Å². The normalized spacial score (nSPS) is 10.8. The van der Waals surface area contributed by atoms with Crippen LogP contribution in [0.3, 0.4) is 0 Å². The Bertz CT molecular complexity index is 991. The molecule has 134 valence electrons. The van der Waals surface area contributed by atoms with E-state index in [-0.39, 0.29) is 18.1 Å². The van der Waals surface area contributed by atoms with Crippen LogP contribution in [0, 0.1) is 12.7 Å². The zero-order valence-electron chi connectivity index (χ0n) is 13.6. The molecule has 0 aliphatic carbocycles. The molecule has 0 atom stereocenters. The van der Waals surface area contributed by atoms with Crippen molar-refractivity contribution < 1.29 is 9.18 Å². The van der Waals surface area contributed by atoms with Crippen molar-refractivity contribution in [1.82, 2.24) is 15.0 Å². The minimum atomic E-state index is -0.546. The van der Waals surface area contributed by atoms with Crippen LogP contribution in [-0.4, -0.2) is 20.9 Å². The number of aryl methyl sites for hydroxylation is 1. The molecule has 1 amide bonds. The fourth-order valence-corrected chi connectivity index (χ4v) is 2.93. The number of nitrogen functional groups attached to an aromatic ring is 1. The van der Waals surface area contributed by atoms with Gasteiger partial charge in [0, 0.05) is 10.0 Å². The van der Waals surface area contributed by atoms with Crippen LogP contribution in [0.1, 0.15) is 21.6 Å². The molecule has 0 aliphatic heterocycles. The van der Waals surface area contributed by atoms with Gasteiger partial charge in [0.05, 0.1) is 17.3 Å². The molecule has 1 aromatic heterocycles. The van der Waals surface area contributed by atoms with E-state index < -0.39 is 11.7 Å². The molecule has 0 bridgehead atoms. The number of nitrogens with zero attached hydrogens (tertiary/aromatic N) is 3. The highest BCUT2D eigenvalue weighted by atomic mass is 79.9. The lowest BCUT2D eigenvalue weighted by molar-refractivity contribution is 0.102. The minimum absolute atomic E-state index is 0.0352. The maximum atomic E-state index is 14.0. The SMILES string of the molecule is Cc1ccc(NC(=O)c2nnn(Cc3ccc(Br)cc3F)c2N)c(Cl)c1. The van der Waals surface area contributed by atoms with E-state index in [1.165, 1.54) is 10.7 Å². The summed E-state index contributed by atoms with van der Waals surface area (Å²) in [5, 5.41) is 10.7. The van der Waals surface area contributed by atoms with Gasteiger partial charge in [-0.1, -0.05) is 44.9 Å². The number of aromatic nitrogens is 3. The molecule has 3 rings (SSSR count). The number of anilines is 2. The van der Waals surface area contributed by atoms with Crippen molar-refractivity contribution in [3.05, 3.63) is 68.5 Å². The first kappa shape index (κ1) is 18.3. The molecule has 0 radical (unpaired) electrons. The Balaban J connectivity index is 1.80. The van der Waals surface area contributed by atoms with Crippen molar-refractivity contribution in [2.24, 2.45) is 0 Å². The third kappa shape index (κ3) is 3.86. The second kappa shape index (κ2) is 7.43. The van der Waals surface area contributed by atoms with Crippen LogP contribution in [0.25, 0.3) is 0 Å². The molecule has 6 nitrogen and oxygen atoms in total. The molecule has 0 aliphatic rings. The summed E-state index contributed by atoms with van der Waals surface area (Å²) in [5.74, 6) is -0.921. The standard InChI is InChI=1S/C17H14BrClFN5O/c1-9-2-5-14(12(19)6-9)22-17(26)15-16(21)25(24-23-15)8-10-3-4-11(18)7-13(10)20/h2-7H,8,21H2,1H3,(H,22,26). The highest BCUT2D eigenvalue weighted by Crippen LogP contribution is 2.24. The van der Waals surface area contributed by atoms with Crippen LogP contribution in [0.2, 0.25) is 5.02 Å². The summed E-state index contributed by atoms with van der Waals surface area (Å²) in [6, 6.07) is 9.89. The number of amides is 1. The van der Waals surface area contributed by atoms with E-state index in [4.69, 9.17) is 17.3 Å². The van der Waals surface area contributed by atoms with Crippen molar-refractivity contribution in [2.75, 3.05) is 11.1 Å². The number of carbonyl (C=O) groups excluding carboxylic acids is 1.